The SMILES string of the molecule is CCn1c(Oc2ccc(F)cc2)nnc1C(CF)NS(=O)(=O)c1ccc(Cl)c(Cl)c1. The molecule has 2 aromatic carbocycles. The lowest BCUT2D eigenvalue weighted by molar-refractivity contribution is 0.378. The Morgan fingerprint density at radius 3 is 2.43 bits per heavy atom. The molecule has 0 radical (unpaired) electrons. The van der Waals surface area contributed by atoms with Crippen molar-refractivity contribution in [2.24, 2.45) is 0 Å². The van der Waals surface area contributed by atoms with Crippen LogP contribution < -0.4 is 9.46 Å². The van der Waals surface area contributed by atoms with Crippen molar-refractivity contribution in [3.8, 4) is 11.8 Å². The first-order valence-corrected chi connectivity index (χ1v) is 10.9. The zero-order valence-corrected chi connectivity index (χ0v) is 17.8. The minimum Gasteiger partial charge on any atom is -0.424 e. The van der Waals surface area contributed by atoms with E-state index in [0.29, 0.717) is 5.75 Å². The molecule has 30 heavy (non-hydrogen) atoms. The lowest BCUT2D eigenvalue weighted by Crippen LogP contribution is -2.32. The molecule has 1 N–H and O–H groups in total. The summed E-state index contributed by atoms with van der Waals surface area (Å²) in [6.07, 6.45) is 0. The largest absolute Gasteiger partial charge is 0.424 e. The van der Waals surface area contributed by atoms with Crippen LogP contribution in [-0.2, 0) is 16.6 Å². The van der Waals surface area contributed by atoms with Crippen molar-refractivity contribution in [1.82, 2.24) is 19.5 Å². The van der Waals surface area contributed by atoms with Crippen molar-refractivity contribution in [3.63, 3.8) is 0 Å². The highest BCUT2D eigenvalue weighted by atomic mass is 35.5. The highest BCUT2D eigenvalue weighted by molar-refractivity contribution is 7.89. The quantitative estimate of drug-likeness (QED) is 0.516. The van der Waals surface area contributed by atoms with Gasteiger partial charge in [0.25, 0.3) is 0 Å². The van der Waals surface area contributed by atoms with Gasteiger partial charge in [0.2, 0.25) is 10.0 Å². The predicted molar refractivity (Wildman–Crippen MR) is 108 cm³/mol. The van der Waals surface area contributed by atoms with E-state index in [2.05, 4.69) is 14.9 Å². The maximum Gasteiger partial charge on any atom is 0.322 e. The molecule has 1 unspecified atom stereocenters. The number of halogens is 4. The fourth-order valence-corrected chi connectivity index (χ4v) is 4.15. The lowest BCUT2D eigenvalue weighted by Gasteiger charge is -2.16. The van der Waals surface area contributed by atoms with Gasteiger partial charge in [-0.2, -0.15) is 4.72 Å². The Kier molecular flexibility index (Phi) is 6.91. The van der Waals surface area contributed by atoms with Gasteiger partial charge >= 0.3 is 6.01 Å². The molecule has 0 aliphatic rings. The molecule has 0 fully saturated rings. The number of nitrogens with one attached hydrogen (secondary N) is 1. The fourth-order valence-electron chi connectivity index (χ4n) is 2.59. The summed E-state index contributed by atoms with van der Waals surface area (Å²) in [5.41, 5.74) is 0. The van der Waals surface area contributed by atoms with Crippen molar-refractivity contribution >= 4 is 33.2 Å². The highest BCUT2D eigenvalue weighted by Gasteiger charge is 2.27. The van der Waals surface area contributed by atoms with Crippen LogP contribution in [0.4, 0.5) is 8.78 Å². The summed E-state index contributed by atoms with van der Waals surface area (Å²) in [6, 6.07) is 7.61. The fraction of sp³-hybridized carbons (Fsp3) is 0.222. The van der Waals surface area contributed by atoms with E-state index < -0.39 is 28.6 Å². The second-order valence-electron chi connectivity index (χ2n) is 6.05. The first-order chi connectivity index (χ1) is 14.2. The van der Waals surface area contributed by atoms with Gasteiger partial charge in [0.15, 0.2) is 5.82 Å². The van der Waals surface area contributed by atoms with Crippen LogP contribution in [0.2, 0.25) is 10.0 Å². The zero-order valence-electron chi connectivity index (χ0n) is 15.5. The van der Waals surface area contributed by atoms with E-state index in [9.17, 15) is 17.2 Å². The minimum atomic E-state index is -4.14. The summed E-state index contributed by atoms with van der Waals surface area (Å²) >= 11 is 11.7. The molecule has 0 spiro atoms. The standard InChI is InChI=1S/C18H16Cl2F2N4O3S/c1-2-26-17(23-24-18(26)29-12-5-3-11(22)4-6-12)16(10-21)25-30(27,28)13-7-8-14(19)15(20)9-13/h3-9,16,25H,2,10H2,1H3. The Balaban J connectivity index is 1.88. The molecule has 7 nitrogen and oxygen atoms in total. The topological polar surface area (TPSA) is 86.1 Å². The number of benzene rings is 2. The summed E-state index contributed by atoms with van der Waals surface area (Å²) in [4.78, 5) is -0.180. The molecule has 0 saturated heterocycles. The number of ether oxygens (including phenoxy) is 1. The normalized spacial score (nSPS) is 12.7. The number of hydrogen-bond donors (Lipinski definition) is 1. The number of nitrogens with zero attached hydrogens (tertiary/aromatic N) is 3. The van der Waals surface area contributed by atoms with Gasteiger partial charge in [0.1, 0.15) is 24.3 Å². The average Bonchev–Trinajstić information content (AvgIpc) is 3.12. The molecule has 0 bridgehead atoms. The van der Waals surface area contributed by atoms with Crippen LogP contribution in [-0.4, -0.2) is 29.9 Å². The number of sulfonamides is 1. The number of alkyl halides is 1. The molecule has 12 heteroatoms. The van der Waals surface area contributed by atoms with Gasteiger partial charge in [-0.25, -0.2) is 17.2 Å². The summed E-state index contributed by atoms with van der Waals surface area (Å²) in [5.74, 6) is -0.131. The molecule has 0 aliphatic heterocycles. The third kappa shape index (κ3) is 4.89. The first kappa shape index (κ1) is 22.4. The van der Waals surface area contributed by atoms with Gasteiger partial charge in [-0.1, -0.05) is 28.3 Å². The maximum absolute atomic E-state index is 13.8. The monoisotopic (exact) mass is 476 g/mol. The summed E-state index contributed by atoms with van der Waals surface area (Å²) in [5, 5.41) is 7.97. The van der Waals surface area contributed by atoms with Gasteiger partial charge < -0.3 is 4.74 Å². The molecular weight excluding hydrogens is 461 g/mol. The van der Waals surface area contributed by atoms with E-state index in [1.807, 2.05) is 0 Å². The van der Waals surface area contributed by atoms with E-state index in [1.165, 1.54) is 41.0 Å². The molecule has 0 saturated carbocycles. The van der Waals surface area contributed by atoms with Gasteiger partial charge in [-0.15, -0.1) is 5.10 Å². The Morgan fingerprint density at radius 2 is 1.83 bits per heavy atom. The lowest BCUT2D eigenvalue weighted by atomic mass is 10.3. The number of hydrogen-bond acceptors (Lipinski definition) is 5. The van der Waals surface area contributed by atoms with Gasteiger partial charge in [-0.05, 0) is 49.4 Å². The van der Waals surface area contributed by atoms with Crippen LogP contribution in [0.25, 0.3) is 0 Å². The third-order valence-corrected chi connectivity index (χ3v) is 6.26. The molecule has 1 aromatic heterocycles. The highest BCUT2D eigenvalue weighted by Crippen LogP contribution is 2.27. The van der Waals surface area contributed by atoms with Crippen LogP contribution in [0.3, 0.4) is 0 Å². The van der Waals surface area contributed by atoms with Gasteiger partial charge in [0.05, 0.1) is 14.9 Å². The Labute approximate surface area is 181 Å². The van der Waals surface area contributed by atoms with E-state index in [-0.39, 0.29) is 33.3 Å². The Bertz CT molecular complexity index is 1140. The van der Waals surface area contributed by atoms with Crippen molar-refractivity contribution in [2.45, 2.75) is 24.4 Å². The molecule has 3 aromatic rings. The maximum atomic E-state index is 13.8. The van der Waals surface area contributed by atoms with E-state index in [4.69, 9.17) is 27.9 Å². The molecule has 160 valence electrons. The Hall–Kier alpha value is -2.27. The van der Waals surface area contributed by atoms with Crippen LogP contribution in [0, 0.1) is 5.82 Å². The predicted octanol–water partition coefficient (Wildman–Crippen LogP) is 4.53. The van der Waals surface area contributed by atoms with E-state index in [1.54, 1.807) is 6.92 Å². The zero-order chi connectivity index (χ0) is 21.9. The van der Waals surface area contributed by atoms with Gasteiger partial charge in [0, 0.05) is 6.54 Å². The van der Waals surface area contributed by atoms with E-state index in [0.717, 1.165) is 6.07 Å². The number of aromatic nitrogens is 3. The second kappa shape index (κ2) is 9.25. The van der Waals surface area contributed by atoms with Crippen molar-refractivity contribution < 1.29 is 21.9 Å². The third-order valence-electron chi connectivity index (χ3n) is 4.05. The van der Waals surface area contributed by atoms with Crippen LogP contribution in [0.1, 0.15) is 18.8 Å². The smallest absolute Gasteiger partial charge is 0.322 e. The molecular formula is C18H16Cl2F2N4O3S. The van der Waals surface area contributed by atoms with Crippen LogP contribution in [0.5, 0.6) is 11.8 Å². The summed E-state index contributed by atoms with van der Waals surface area (Å²) < 4.78 is 61.4. The van der Waals surface area contributed by atoms with Crippen molar-refractivity contribution in [3.05, 3.63) is 64.2 Å². The van der Waals surface area contributed by atoms with Crippen molar-refractivity contribution in [2.75, 3.05) is 6.67 Å². The molecule has 3 rings (SSSR count). The van der Waals surface area contributed by atoms with E-state index >= 15 is 0 Å². The molecule has 1 heterocycles. The Morgan fingerprint density at radius 1 is 1.13 bits per heavy atom. The first-order valence-electron chi connectivity index (χ1n) is 8.65. The van der Waals surface area contributed by atoms with Gasteiger partial charge in [-0.3, -0.25) is 4.57 Å². The summed E-state index contributed by atoms with van der Waals surface area (Å²) in [7, 11) is -4.14. The second-order valence-corrected chi connectivity index (χ2v) is 8.57. The van der Waals surface area contributed by atoms with Crippen molar-refractivity contribution in [1.29, 1.82) is 0 Å². The molecule has 1 atom stereocenters. The van der Waals surface area contributed by atoms with Crippen LogP contribution >= 0.6 is 23.2 Å². The minimum absolute atomic E-state index is 0.00583. The molecule has 0 amide bonds. The molecule has 0 aliphatic carbocycles. The summed E-state index contributed by atoms with van der Waals surface area (Å²) in [6.45, 7) is 0.909. The van der Waals surface area contributed by atoms with Crippen LogP contribution in [0.15, 0.2) is 47.4 Å². The average molecular weight is 477 g/mol. The number of rotatable bonds is 8.